The van der Waals surface area contributed by atoms with E-state index in [9.17, 15) is 4.79 Å². The summed E-state index contributed by atoms with van der Waals surface area (Å²) in [5.41, 5.74) is 1.76. The number of carbonyl (C=O) groups is 1. The van der Waals surface area contributed by atoms with Gasteiger partial charge in [-0.3, -0.25) is 4.79 Å². The number of carboxylic acids is 1. The van der Waals surface area contributed by atoms with Crippen molar-refractivity contribution < 1.29 is 19.2 Å². The highest BCUT2D eigenvalue weighted by Crippen LogP contribution is 2.26. The van der Waals surface area contributed by atoms with E-state index >= 15 is 0 Å². The van der Waals surface area contributed by atoms with Gasteiger partial charge < -0.3 is 14.4 Å². The van der Waals surface area contributed by atoms with Crippen molar-refractivity contribution >= 4 is 17.7 Å². The van der Waals surface area contributed by atoms with Crippen molar-refractivity contribution in [1.82, 2.24) is 10.1 Å². The molecule has 0 amide bonds. The van der Waals surface area contributed by atoms with Crippen LogP contribution in [0.5, 0.6) is 5.75 Å². The number of methoxy groups -OCH3 is 1. The van der Waals surface area contributed by atoms with Crippen LogP contribution in [0, 0.1) is 6.92 Å². The Morgan fingerprint density at radius 2 is 2.32 bits per heavy atom. The van der Waals surface area contributed by atoms with Crippen LogP contribution in [0.15, 0.2) is 27.9 Å². The fraction of sp³-hybridized carbons (Fsp3) is 0.250. The molecule has 2 rings (SSSR count). The SMILES string of the molecule is COc1ccc(-c2noc(SCC(=O)O)n2)cc1C. The minimum absolute atomic E-state index is 0.108. The Labute approximate surface area is 113 Å². The first kappa shape index (κ1) is 13.4. The standard InChI is InChI=1S/C12H12N2O4S/c1-7-5-8(3-4-9(7)17-2)11-13-12(18-14-11)19-6-10(15)16/h3-5H,6H2,1-2H3,(H,15,16). The van der Waals surface area contributed by atoms with Crippen LogP contribution in [0.2, 0.25) is 0 Å². The molecule has 0 atom stereocenters. The van der Waals surface area contributed by atoms with E-state index in [0.717, 1.165) is 28.6 Å². The second-order valence-corrected chi connectivity index (χ2v) is 4.68. The maximum absolute atomic E-state index is 10.4. The fourth-order valence-electron chi connectivity index (χ4n) is 1.53. The quantitative estimate of drug-likeness (QED) is 0.840. The molecular weight excluding hydrogens is 268 g/mol. The second-order valence-electron chi connectivity index (χ2n) is 3.75. The Hall–Kier alpha value is -2.02. The van der Waals surface area contributed by atoms with Crippen molar-refractivity contribution in [3.05, 3.63) is 23.8 Å². The van der Waals surface area contributed by atoms with Gasteiger partial charge in [0.2, 0.25) is 5.82 Å². The lowest BCUT2D eigenvalue weighted by Gasteiger charge is -2.04. The summed E-state index contributed by atoms with van der Waals surface area (Å²) in [4.78, 5) is 14.6. The van der Waals surface area contributed by atoms with E-state index in [1.54, 1.807) is 7.11 Å². The third-order valence-electron chi connectivity index (χ3n) is 2.38. The zero-order valence-electron chi connectivity index (χ0n) is 10.4. The van der Waals surface area contributed by atoms with Crippen molar-refractivity contribution in [2.45, 2.75) is 12.1 Å². The van der Waals surface area contributed by atoms with Crippen LogP contribution < -0.4 is 4.74 Å². The lowest BCUT2D eigenvalue weighted by Crippen LogP contribution is -1.97. The molecular formula is C12H12N2O4S. The monoisotopic (exact) mass is 280 g/mol. The number of aromatic nitrogens is 2. The lowest BCUT2D eigenvalue weighted by atomic mass is 10.1. The van der Waals surface area contributed by atoms with E-state index in [0.29, 0.717) is 5.82 Å². The van der Waals surface area contributed by atoms with Gasteiger partial charge in [0.15, 0.2) is 0 Å². The Balaban J connectivity index is 2.18. The number of hydrogen-bond donors (Lipinski definition) is 1. The van der Waals surface area contributed by atoms with Gasteiger partial charge in [-0.25, -0.2) is 0 Å². The van der Waals surface area contributed by atoms with Gasteiger partial charge >= 0.3 is 5.97 Å². The number of rotatable bonds is 5. The first-order chi connectivity index (χ1) is 9.10. The molecule has 0 aliphatic carbocycles. The molecule has 1 heterocycles. The first-order valence-corrected chi connectivity index (χ1v) is 6.42. The predicted octanol–water partition coefficient (Wildman–Crippen LogP) is 2.23. The molecule has 0 spiro atoms. The zero-order valence-corrected chi connectivity index (χ0v) is 11.2. The predicted molar refractivity (Wildman–Crippen MR) is 69.4 cm³/mol. The summed E-state index contributed by atoms with van der Waals surface area (Å²) in [6.45, 7) is 1.92. The number of thioether (sulfide) groups is 1. The Morgan fingerprint density at radius 1 is 1.53 bits per heavy atom. The molecule has 6 nitrogen and oxygen atoms in total. The third kappa shape index (κ3) is 3.25. The first-order valence-electron chi connectivity index (χ1n) is 5.43. The van der Waals surface area contributed by atoms with Crippen LogP contribution in [0.3, 0.4) is 0 Å². The zero-order chi connectivity index (χ0) is 13.8. The van der Waals surface area contributed by atoms with Crippen molar-refractivity contribution in [3.8, 4) is 17.1 Å². The number of nitrogens with zero attached hydrogens (tertiary/aromatic N) is 2. The van der Waals surface area contributed by atoms with Crippen molar-refractivity contribution in [3.63, 3.8) is 0 Å². The molecule has 0 aliphatic heterocycles. The molecule has 0 saturated carbocycles. The van der Waals surface area contributed by atoms with Crippen LogP contribution in [0.1, 0.15) is 5.56 Å². The van der Waals surface area contributed by atoms with Gasteiger partial charge in [0.25, 0.3) is 5.22 Å². The highest BCUT2D eigenvalue weighted by molar-refractivity contribution is 7.99. The minimum Gasteiger partial charge on any atom is -0.496 e. The van der Waals surface area contributed by atoms with Crippen molar-refractivity contribution in [1.29, 1.82) is 0 Å². The summed E-state index contributed by atoms with van der Waals surface area (Å²) in [7, 11) is 1.61. The smallest absolute Gasteiger partial charge is 0.314 e. The molecule has 7 heteroatoms. The van der Waals surface area contributed by atoms with E-state index in [4.69, 9.17) is 14.4 Å². The molecule has 0 bridgehead atoms. The number of aliphatic carboxylic acids is 1. The van der Waals surface area contributed by atoms with E-state index in [-0.39, 0.29) is 11.0 Å². The van der Waals surface area contributed by atoms with Gasteiger partial charge in [0.1, 0.15) is 11.5 Å². The molecule has 0 saturated heterocycles. The van der Waals surface area contributed by atoms with Gasteiger partial charge in [0, 0.05) is 5.56 Å². The number of ether oxygens (including phenoxy) is 1. The molecule has 0 unspecified atom stereocenters. The van der Waals surface area contributed by atoms with Gasteiger partial charge in [0.05, 0.1) is 7.11 Å². The maximum atomic E-state index is 10.4. The summed E-state index contributed by atoms with van der Waals surface area (Å²) in [5.74, 6) is 0.180. The lowest BCUT2D eigenvalue weighted by molar-refractivity contribution is -0.133. The maximum Gasteiger partial charge on any atom is 0.314 e. The average molecular weight is 280 g/mol. The highest BCUT2D eigenvalue weighted by atomic mass is 32.2. The van der Waals surface area contributed by atoms with Gasteiger partial charge in [-0.1, -0.05) is 16.9 Å². The average Bonchev–Trinajstić information content (AvgIpc) is 2.85. The molecule has 0 aliphatic rings. The minimum atomic E-state index is -0.926. The Kier molecular flexibility index (Phi) is 4.06. The van der Waals surface area contributed by atoms with Crippen LogP contribution in [0.4, 0.5) is 0 Å². The summed E-state index contributed by atoms with van der Waals surface area (Å²) >= 11 is 0.991. The van der Waals surface area contributed by atoms with Crippen LogP contribution >= 0.6 is 11.8 Å². The van der Waals surface area contributed by atoms with Gasteiger partial charge in [-0.2, -0.15) is 4.98 Å². The molecule has 0 radical (unpaired) electrons. The normalized spacial score (nSPS) is 10.4. The molecule has 1 aromatic carbocycles. The number of hydrogen-bond acceptors (Lipinski definition) is 6. The van der Waals surface area contributed by atoms with E-state index in [2.05, 4.69) is 10.1 Å². The summed E-state index contributed by atoms with van der Waals surface area (Å²) in [5, 5.41) is 12.6. The Bertz CT molecular complexity index is 597. The van der Waals surface area contributed by atoms with Crippen molar-refractivity contribution in [2.24, 2.45) is 0 Å². The molecule has 2 aromatic rings. The van der Waals surface area contributed by atoms with Crippen LogP contribution in [0.25, 0.3) is 11.4 Å². The van der Waals surface area contributed by atoms with Crippen LogP contribution in [-0.2, 0) is 4.79 Å². The van der Waals surface area contributed by atoms with Crippen molar-refractivity contribution in [2.75, 3.05) is 12.9 Å². The summed E-state index contributed by atoms with van der Waals surface area (Å²) in [6, 6.07) is 5.53. The summed E-state index contributed by atoms with van der Waals surface area (Å²) in [6.07, 6.45) is 0. The number of aryl methyl sites for hydroxylation is 1. The third-order valence-corrected chi connectivity index (χ3v) is 3.18. The molecule has 0 fully saturated rings. The van der Waals surface area contributed by atoms with Crippen LogP contribution in [-0.4, -0.2) is 34.1 Å². The second kappa shape index (κ2) is 5.75. The molecule has 1 aromatic heterocycles. The largest absolute Gasteiger partial charge is 0.496 e. The van der Waals surface area contributed by atoms with E-state index in [1.165, 1.54) is 0 Å². The molecule has 19 heavy (non-hydrogen) atoms. The topological polar surface area (TPSA) is 85.5 Å². The van der Waals surface area contributed by atoms with E-state index < -0.39 is 5.97 Å². The number of carboxylic acid groups (broad SMARTS) is 1. The molecule has 1 N–H and O–H groups in total. The summed E-state index contributed by atoms with van der Waals surface area (Å²) < 4.78 is 10.1. The highest BCUT2D eigenvalue weighted by Gasteiger charge is 2.11. The fourth-order valence-corrected chi connectivity index (χ4v) is 2.01. The van der Waals surface area contributed by atoms with E-state index in [1.807, 2.05) is 25.1 Å². The van der Waals surface area contributed by atoms with Gasteiger partial charge in [-0.15, -0.1) is 0 Å². The molecule has 100 valence electrons. The van der Waals surface area contributed by atoms with Gasteiger partial charge in [-0.05, 0) is 30.7 Å². The number of benzene rings is 1. The Morgan fingerprint density at radius 3 is 2.95 bits per heavy atom.